The van der Waals surface area contributed by atoms with Crippen molar-refractivity contribution in [3.05, 3.63) is 0 Å². The number of nitrogens with two attached hydrogens (primary N) is 1. The number of rotatable bonds is 7. The predicted molar refractivity (Wildman–Crippen MR) is 66.8 cm³/mol. The molecule has 0 saturated heterocycles. The van der Waals surface area contributed by atoms with Crippen molar-refractivity contribution in [3.8, 4) is 12.3 Å². The third kappa shape index (κ3) is 4.65. The van der Waals surface area contributed by atoms with Gasteiger partial charge in [0.25, 0.3) is 0 Å². The topological polar surface area (TPSA) is 58.4 Å². The first-order valence-electron chi connectivity index (χ1n) is 5.71. The molecule has 3 N–H and O–H groups in total. The Morgan fingerprint density at radius 1 is 1.50 bits per heavy atom. The summed E-state index contributed by atoms with van der Waals surface area (Å²) in [6.45, 7) is 5.54. The fourth-order valence-electron chi connectivity index (χ4n) is 1.52. The summed E-state index contributed by atoms with van der Waals surface area (Å²) < 4.78 is 0. The van der Waals surface area contributed by atoms with Crippen LogP contribution in [-0.4, -0.2) is 43.0 Å². The van der Waals surface area contributed by atoms with E-state index in [0.29, 0.717) is 19.6 Å². The van der Waals surface area contributed by atoms with E-state index in [0.717, 1.165) is 12.8 Å². The lowest BCUT2D eigenvalue weighted by atomic mass is 9.94. The van der Waals surface area contributed by atoms with Crippen LogP contribution in [0.2, 0.25) is 0 Å². The highest BCUT2D eigenvalue weighted by Gasteiger charge is 2.25. The van der Waals surface area contributed by atoms with Crippen LogP contribution in [-0.2, 0) is 4.79 Å². The average Bonchev–Trinajstić information content (AvgIpc) is 2.26. The summed E-state index contributed by atoms with van der Waals surface area (Å²) >= 11 is 0. The summed E-state index contributed by atoms with van der Waals surface area (Å²) in [4.78, 5) is 13.6. The Kier molecular flexibility index (Phi) is 6.78. The summed E-state index contributed by atoms with van der Waals surface area (Å²) in [7, 11) is 1.86. The average molecular weight is 225 g/mol. The van der Waals surface area contributed by atoms with Crippen LogP contribution in [0.3, 0.4) is 0 Å². The summed E-state index contributed by atoms with van der Waals surface area (Å²) in [5.41, 5.74) is 4.91. The number of hydrogen-bond acceptors (Lipinski definition) is 3. The van der Waals surface area contributed by atoms with Crippen LogP contribution in [0.15, 0.2) is 0 Å². The van der Waals surface area contributed by atoms with Gasteiger partial charge in [-0.15, -0.1) is 6.42 Å². The molecule has 0 aromatic heterocycles. The second kappa shape index (κ2) is 7.26. The molecule has 0 aromatic rings. The summed E-state index contributed by atoms with van der Waals surface area (Å²) in [5, 5.41) is 2.91. The van der Waals surface area contributed by atoms with E-state index in [4.69, 9.17) is 12.2 Å². The minimum atomic E-state index is -0.499. The van der Waals surface area contributed by atoms with E-state index in [-0.39, 0.29) is 5.91 Å². The molecule has 4 nitrogen and oxygen atoms in total. The Balaban J connectivity index is 4.27. The van der Waals surface area contributed by atoms with Crippen LogP contribution in [0.25, 0.3) is 0 Å². The van der Waals surface area contributed by atoms with Crippen molar-refractivity contribution in [1.82, 2.24) is 10.2 Å². The van der Waals surface area contributed by atoms with Crippen LogP contribution in [0.4, 0.5) is 0 Å². The van der Waals surface area contributed by atoms with Gasteiger partial charge in [0, 0.05) is 13.1 Å². The fraction of sp³-hybridized carbons (Fsp3) is 0.750. The van der Waals surface area contributed by atoms with Crippen molar-refractivity contribution in [3.63, 3.8) is 0 Å². The van der Waals surface area contributed by atoms with E-state index in [1.165, 1.54) is 0 Å². The van der Waals surface area contributed by atoms with Gasteiger partial charge in [0.05, 0.1) is 6.54 Å². The third-order valence-electron chi connectivity index (χ3n) is 2.79. The number of nitrogens with one attached hydrogen (secondary N) is 1. The number of nitrogens with zero attached hydrogens (tertiary/aromatic N) is 1. The number of amides is 1. The largest absolute Gasteiger partial charge is 0.339 e. The van der Waals surface area contributed by atoms with Gasteiger partial charge in [0.1, 0.15) is 5.54 Å². The molecule has 0 aliphatic heterocycles. The van der Waals surface area contributed by atoms with Crippen LogP contribution in [0.5, 0.6) is 0 Å². The summed E-state index contributed by atoms with van der Waals surface area (Å²) in [5.74, 6) is 2.63. The molecular formula is C12H23N3O. The smallest absolute Gasteiger partial charge is 0.235 e. The molecule has 0 aliphatic rings. The molecule has 0 unspecified atom stereocenters. The zero-order valence-corrected chi connectivity index (χ0v) is 10.5. The van der Waals surface area contributed by atoms with Crippen molar-refractivity contribution in [2.75, 3.05) is 26.7 Å². The minimum absolute atomic E-state index is 0.0439. The maximum absolute atomic E-state index is 11.7. The molecule has 0 aromatic carbocycles. The van der Waals surface area contributed by atoms with Gasteiger partial charge >= 0.3 is 0 Å². The van der Waals surface area contributed by atoms with E-state index in [1.807, 2.05) is 25.8 Å². The van der Waals surface area contributed by atoms with Gasteiger partial charge in [0.15, 0.2) is 0 Å². The minimum Gasteiger partial charge on any atom is -0.339 e. The first-order valence-corrected chi connectivity index (χ1v) is 5.71. The maximum atomic E-state index is 11.7. The Bertz CT molecular complexity index is 253. The molecule has 0 aliphatic carbocycles. The first-order chi connectivity index (χ1) is 7.53. The highest BCUT2D eigenvalue weighted by molar-refractivity contribution is 5.79. The Morgan fingerprint density at radius 2 is 2.06 bits per heavy atom. The van der Waals surface area contributed by atoms with Gasteiger partial charge in [-0.3, -0.25) is 9.69 Å². The number of terminal acetylenes is 1. The van der Waals surface area contributed by atoms with E-state index in [9.17, 15) is 4.79 Å². The molecule has 0 radical (unpaired) electrons. The van der Waals surface area contributed by atoms with Gasteiger partial charge in [-0.05, 0) is 19.9 Å². The van der Waals surface area contributed by atoms with Gasteiger partial charge in [-0.2, -0.15) is 0 Å². The molecule has 0 rings (SSSR count). The van der Waals surface area contributed by atoms with Crippen LogP contribution >= 0.6 is 0 Å². The SMILES string of the molecule is C#CC(CC)(CC)NC(=O)CN(C)CCN. The lowest BCUT2D eigenvalue weighted by Gasteiger charge is -2.28. The van der Waals surface area contributed by atoms with E-state index in [1.54, 1.807) is 0 Å². The number of carbonyl (C=O) groups is 1. The maximum Gasteiger partial charge on any atom is 0.235 e. The zero-order valence-electron chi connectivity index (χ0n) is 10.5. The summed E-state index contributed by atoms with van der Waals surface area (Å²) in [6.07, 6.45) is 6.95. The van der Waals surface area contributed by atoms with E-state index >= 15 is 0 Å². The standard InChI is InChI=1S/C12H23N3O/c1-5-12(6-2,7-3)14-11(16)10-15(4)9-8-13/h1H,6-10,13H2,2-4H3,(H,14,16). The lowest BCUT2D eigenvalue weighted by molar-refractivity contribution is -0.123. The van der Waals surface area contributed by atoms with Crippen molar-refractivity contribution in [2.45, 2.75) is 32.2 Å². The quantitative estimate of drug-likeness (QED) is 0.608. The lowest BCUT2D eigenvalue weighted by Crippen LogP contribution is -2.49. The van der Waals surface area contributed by atoms with Crippen molar-refractivity contribution >= 4 is 5.91 Å². The number of likely N-dealkylation sites (N-methyl/N-ethyl adjacent to an activating group) is 1. The monoisotopic (exact) mass is 225 g/mol. The molecule has 0 atom stereocenters. The van der Waals surface area contributed by atoms with Gasteiger partial charge < -0.3 is 11.1 Å². The van der Waals surface area contributed by atoms with Crippen molar-refractivity contribution in [1.29, 1.82) is 0 Å². The Labute approximate surface area is 98.6 Å². The van der Waals surface area contributed by atoms with E-state index in [2.05, 4.69) is 11.2 Å². The summed E-state index contributed by atoms with van der Waals surface area (Å²) in [6, 6.07) is 0. The van der Waals surface area contributed by atoms with Crippen LogP contribution in [0, 0.1) is 12.3 Å². The number of carbonyl (C=O) groups excluding carboxylic acids is 1. The predicted octanol–water partition coefficient (Wildman–Crippen LogP) is 0.185. The molecule has 92 valence electrons. The van der Waals surface area contributed by atoms with Gasteiger partial charge in [-0.1, -0.05) is 19.8 Å². The Hall–Kier alpha value is -1.05. The third-order valence-corrected chi connectivity index (χ3v) is 2.79. The molecule has 1 amide bonds. The molecule has 0 spiro atoms. The van der Waals surface area contributed by atoms with E-state index < -0.39 is 5.54 Å². The molecule has 0 bridgehead atoms. The first kappa shape index (κ1) is 14.9. The van der Waals surface area contributed by atoms with Crippen LogP contribution in [0.1, 0.15) is 26.7 Å². The molecule has 4 heteroatoms. The second-order valence-corrected chi connectivity index (χ2v) is 4.01. The molecule has 0 saturated carbocycles. The highest BCUT2D eigenvalue weighted by Crippen LogP contribution is 2.13. The molecule has 0 fully saturated rings. The second-order valence-electron chi connectivity index (χ2n) is 4.01. The highest BCUT2D eigenvalue weighted by atomic mass is 16.2. The Morgan fingerprint density at radius 3 is 2.44 bits per heavy atom. The van der Waals surface area contributed by atoms with Crippen LogP contribution < -0.4 is 11.1 Å². The normalized spacial score (nSPS) is 11.2. The zero-order chi connectivity index (χ0) is 12.6. The number of hydrogen-bond donors (Lipinski definition) is 2. The van der Waals surface area contributed by atoms with Crippen molar-refractivity contribution < 1.29 is 4.79 Å². The molecular weight excluding hydrogens is 202 g/mol. The fourth-order valence-corrected chi connectivity index (χ4v) is 1.52. The molecule has 16 heavy (non-hydrogen) atoms. The van der Waals surface area contributed by atoms with Gasteiger partial charge in [-0.25, -0.2) is 0 Å². The molecule has 0 heterocycles. The van der Waals surface area contributed by atoms with Crippen molar-refractivity contribution in [2.24, 2.45) is 5.73 Å². The van der Waals surface area contributed by atoms with Gasteiger partial charge in [0.2, 0.25) is 5.91 Å².